The average molecular weight is 189 g/mol. The molecule has 5 heteroatoms. The Kier molecular flexibility index (Phi) is 3.16. The number of hydrogen-bond donors (Lipinski definition) is 2. The van der Waals surface area contributed by atoms with Crippen LogP contribution in [-0.2, 0) is 6.54 Å². The quantitative estimate of drug-likeness (QED) is 0.707. The van der Waals surface area contributed by atoms with E-state index in [0.717, 1.165) is 12.1 Å². The van der Waals surface area contributed by atoms with Crippen LogP contribution in [0.2, 0.25) is 0 Å². The Morgan fingerprint density at radius 2 is 2.00 bits per heavy atom. The van der Waals surface area contributed by atoms with Gasteiger partial charge in [0.2, 0.25) is 0 Å². The molecule has 0 aromatic heterocycles. The molecule has 0 fully saturated rings. The fourth-order valence-electron chi connectivity index (χ4n) is 1.04. The number of rotatable bonds is 3. The number of halogens is 2. The molecule has 1 aromatic rings. The summed E-state index contributed by atoms with van der Waals surface area (Å²) < 4.78 is 30.6. The number of nitrogens with one attached hydrogen (secondary N) is 1. The summed E-state index contributed by atoms with van der Waals surface area (Å²) in [6.45, 7) is -0.202. The SMILES string of the molecule is COc1c(F)ccc(F)c1CNO. The largest absolute Gasteiger partial charge is 0.493 e. The number of ether oxygens (including phenoxy) is 1. The van der Waals surface area contributed by atoms with E-state index in [9.17, 15) is 8.78 Å². The number of hydrogen-bond acceptors (Lipinski definition) is 3. The maximum atomic E-state index is 13.0. The van der Waals surface area contributed by atoms with Gasteiger partial charge in [0.1, 0.15) is 5.82 Å². The Hall–Kier alpha value is -1.20. The third kappa shape index (κ3) is 1.93. The molecule has 0 aliphatic carbocycles. The highest BCUT2D eigenvalue weighted by Gasteiger charge is 2.13. The molecule has 0 saturated heterocycles. The van der Waals surface area contributed by atoms with Crippen LogP contribution in [0.1, 0.15) is 5.56 Å². The van der Waals surface area contributed by atoms with Crippen molar-refractivity contribution in [2.24, 2.45) is 0 Å². The first-order chi connectivity index (χ1) is 6.20. The van der Waals surface area contributed by atoms with E-state index in [1.165, 1.54) is 7.11 Å². The summed E-state index contributed by atoms with van der Waals surface area (Å²) in [6.07, 6.45) is 0. The molecule has 13 heavy (non-hydrogen) atoms. The molecule has 0 unspecified atom stereocenters. The molecule has 3 nitrogen and oxygen atoms in total. The summed E-state index contributed by atoms with van der Waals surface area (Å²) >= 11 is 0. The number of methoxy groups -OCH3 is 1. The first-order valence-electron chi connectivity index (χ1n) is 3.58. The smallest absolute Gasteiger partial charge is 0.165 e. The predicted octanol–water partition coefficient (Wildman–Crippen LogP) is 1.45. The van der Waals surface area contributed by atoms with Crippen LogP contribution in [0.4, 0.5) is 8.78 Å². The highest BCUT2D eigenvalue weighted by Crippen LogP contribution is 2.24. The lowest BCUT2D eigenvalue weighted by molar-refractivity contribution is 0.158. The lowest BCUT2D eigenvalue weighted by Crippen LogP contribution is -2.10. The summed E-state index contributed by atoms with van der Waals surface area (Å²) in [5, 5.41) is 8.36. The fraction of sp³-hybridized carbons (Fsp3) is 0.250. The molecule has 0 atom stereocenters. The first kappa shape index (κ1) is 9.88. The second-order valence-electron chi connectivity index (χ2n) is 2.38. The van der Waals surface area contributed by atoms with E-state index in [2.05, 4.69) is 4.74 Å². The Morgan fingerprint density at radius 1 is 1.38 bits per heavy atom. The number of hydroxylamine groups is 1. The minimum Gasteiger partial charge on any atom is -0.493 e. The van der Waals surface area contributed by atoms with Crippen LogP contribution in [0.3, 0.4) is 0 Å². The van der Waals surface area contributed by atoms with Crippen LogP contribution in [0, 0.1) is 11.6 Å². The van der Waals surface area contributed by atoms with E-state index in [1.807, 2.05) is 0 Å². The highest BCUT2D eigenvalue weighted by atomic mass is 19.1. The fourth-order valence-corrected chi connectivity index (χ4v) is 1.04. The minimum atomic E-state index is -0.658. The van der Waals surface area contributed by atoms with Crippen molar-refractivity contribution >= 4 is 0 Å². The van der Waals surface area contributed by atoms with Crippen molar-refractivity contribution in [2.45, 2.75) is 6.54 Å². The molecular formula is C8H9F2NO2. The van der Waals surface area contributed by atoms with Gasteiger partial charge >= 0.3 is 0 Å². The monoisotopic (exact) mass is 189 g/mol. The molecule has 2 N–H and O–H groups in total. The summed E-state index contributed by atoms with van der Waals surface area (Å²) in [4.78, 5) is 0. The molecule has 1 rings (SSSR count). The molecule has 0 saturated carbocycles. The van der Waals surface area contributed by atoms with Crippen molar-refractivity contribution in [3.8, 4) is 5.75 Å². The molecule has 1 aromatic carbocycles. The van der Waals surface area contributed by atoms with E-state index < -0.39 is 11.6 Å². The Balaban J connectivity index is 3.18. The van der Waals surface area contributed by atoms with Crippen LogP contribution in [0.15, 0.2) is 12.1 Å². The molecule has 0 heterocycles. The van der Waals surface area contributed by atoms with Crippen LogP contribution in [0.5, 0.6) is 5.75 Å². The van der Waals surface area contributed by atoms with E-state index in [-0.39, 0.29) is 17.9 Å². The van der Waals surface area contributed by atoms with Gasteiger partial charge in [0.05, 0.1) is 13.7 Å². The Labute approximate surface area is 73.9 Å². The maximum absolute atomic E-state index is 13.0. The molecule has 0 amide bonds. The van der Waals surface area contributed by atoms with Gasteiger partial charge in [0.25, 0.3) is 0 Å². The zero-order valence-electron chi connectivity index (χ0n) is 6.97. The third-order valence-corrected chi connectivity index (χ3v) is 1.62. The molecule has 72 valence electrons. The van der Waals surface area contributed by atoms with E-state index in [1.54, 1.807) is 5.48 Å². The van der Waals surface area contributed by atoms with E-state index in [4.69, 9.17) is 5.21 Å². The molecular weight excluding hydrogens is 180 g/mol. The van der Waals surface area contributed by atoms with Crippen molar-refractivity contribution < 1.29 is 18.7 Å². The van der Waals surface area contributed by atoms with Crippen molar-refractivity contribution in [3.63, 3.8) is 0 Å². The lowest BCUT2D eigenvalue weighted by Gasteiger charge is -2.08. The van der Waals surface area contributed by atoms with E-state index >= 15 is 0 Å². The number of benzene rings is 1. The normalized spacial score (nSPS) is 10.2. The topological polar surface area (TPSA) is 41.5 Å². The lowest BCUT2D eigenvalue weighted by atomic mass is 10.2. The second-order valence-corrected chi connectivity index (χ2v) is 2.38. The highest BCUT2D eigenvalue weighted by molar-refractivity contribution is 5.35. The molecule has 0 spiro atoms. The molecule has 0 aliphatic heterocycles. The Morgan fingerprint density at radius 3 is 2.54 bits per heavy atom. The summed E-state index contributed by atoms with van der Waals surface area (Å²) in [5.41, 5.74) is 1.70. The van der Waals surface area contributed by atoms with Crippen molar-refractivity contribution in [2.75, 3.05) is 7.11 Å². The van der Waals surface area contributed by atoms with Crippen LogP contribution < -0.4 is 10.2 Å². The van der Waals surface area contributed by atoms with Gasteiger partial charge in [-0.3, -0.25) is 0 Å². The van der Waals surface area contributed by atoms with E-state index in [0.29, 0.717) is 0 Å². The predicted molar refractivity (Wildman–Crippen MR) is 41.5 cm³/mol. The van der Waals surface area contributed by atoms with Gasteiger partial charge in [-0.1, -0.05) is 0 Å². The van der Waals surface area contributed by atoms with Crippen LogP contribution in [-0.4, -0.2) is 12.3 Å². The zero-order chi connectivity index (χ0) is 9.84. The van der Waals surface area contributed by atoms with Crippen LogP contribution >= 0.6 is 0 Å². The minimum absolute atomic E-state index is 0.0370. The van der Waals surface area contributed by atoms with Gasteiger partial charge in [-0.15, -0.1) is 0 Å². The third-order valence-electron chi connectivity index (χ3n) is 1.62. The van der Waals surface area contributed by atoms with Gasteiger partial charge in [0, 0.05) is 5.56 Å². The standard InChI is InChI=1S/C8H9F2NO2/c1-13-8-5(4-11-12)6(9)2-3-7(8)10/h2-3,11-12H,4H2,1H3. The first-order valence-corrected chi connectivity index (χ1v) is 3.58. The Bertz CT molecular complexity index is 304. The van der Waals surface area contributed by atoms with Crippen molar-refractivity contribution in [1.82, 2.24) is 5.48 Å². The molecule has 0 bridgehead atoms. The van der Waals surface area contributed by atoms with Gasteiger partial charge in [-0.05, 0) is 12.1 Å². The van der Waals surface area contributed by atoms with Gasteiger partial charge in [0.15, 0.2) is 11.6 Å². The second kappa shape index (κ2) is 4.15. The molecule has 0 radical (unpaired) electrons. The zero-order valence-corrected chi connectivity index (χ0v) is 6.97. The van der Waals surface area contributed by atoms with Gasteiger partial charge in [-0.25, -0.2) is 14.3 Å². The maximum Gasteiger partial charge on any atom is 0.165 e. The van der Waals surface area contributed by atoms with Crippen molar-refractivity contribution in [3.05, 3.63) is 29.3 Å². The molecule has 0 aliphatic rings. The summed E-state index contributed by atoms with van der Waals surface area (Å²) in [5.74, 6) is -1.48. The van der Waals surface area contributed by atoms with Crippen LogP contribution in [0.25, 0.3) is 0 Å². The summed E-state index contributed by atoms with van der Waals surface area (Å²) in [6, 6.07) is 1.94. The van der Waals surface area contributed by atoms with Crippen molar-refractivity contribution in [1.29, 1.82) is 0 Å². The van der Waals surface area contributed by atoms with Gasteiger partial charge < -0.3 is 9.94 Å². The van der Waals surface area contributed by atoms with Gasteiger partial charge in [-0.2, -0.15) is 0 Å². The average Bonchev–Trinajstić information content (AvgIpc) is 2.12. The summed E-state index contributed by atoms with van der Waals surface area (Å²) in [7, 11) is 1.23.